The van der Waals surface area contributed by atoms with Gasteiger partial charge in [0, 0.05) is 20.0 Å². The fourth-order valence-corrected chi connectivity index (χ4v) is 2.74. The molecule has 0 N–H and O–H groups in total. The van der Waals surface area contributed by atoms with Gasteiger partial charge in [-0.1, -0.05) is 42.0 Å². The summed E-state index contributed by atoms with van der Waals surface area (Å²) in [6, 6.07) is 9.49. The molecule has 22 heavy (non-hydrogen) atoms. The Morgan fingerprint density at radius 1 is 1.23 bits per heavy atom. The number of rotatable bonds is 5. The van der Waals surface area contributed by atoms with Crippen LogP contribution in [0.2, 0.25) is 0 Å². The highest BCUT2D eigenvalue weighted by Gasteiger charge is 2.37. The highest BCUT2D eigenvalue weighted by Crippen LogP contribution is 2.17. The largest absolute Gasteiger partial charge is 0.335 e. The van der Waals surface area contributed by atoms with Gasteiger partial charge in [0.15, 0.2) is 0 Å². The normalized spacial score (nSPS) is 18.6. The van der Waals surface area contributed by atoms with Crippen LogP contribution in [0.4, 0.5) is 0 Å². The molecule has 4 nitrogen and oxygen atoms in total. The van der Waals surface area contributed by atoms with Gasteiger partial charge in [-0.25, -0.2) is 0 Å². The summed E-state index contributed by atoms with van der Waals surface area (Å²) in [5.41, 5.74) is 2.31. The second-order valence-corrected chi connectivity index (χ2v) is 6.06. The molecule has 2 amide bonds. The van der Waals surface area contributed by atoms with Crippen LogP contribution >= 0.6 is 0 Å². The van der Waals surface area contributed by atoms with Crippen LogP contribution in [-0.2, 0) is 16.0 Å². The molecule has 0 saturated carbocycles. The molecular weight excluding hydrogens is 276 g/mol. The SMILES string of the molecule is CC(C)=CCCN1C(=O)CN(C)C(=O)[C@H]1Cc1ccccc1. The molecule has 1 heterocycles. The number of carbonyl (C=O) groups is 2. The predicted molar refractivity (Wildman–Crippen MR) is 87.3 cm³/mol. The van der Waals surface area contributed by atoms with Gasteiger partial charge in [0.25, 0.3) is 0 Å². The summed E-state index contributed by atoms with van der Waals surface area (Å²) < 4.78 is 0. The highest BCUT2D eigenvalue weighted by atomic mass is 16.2. The highest BCUT2D eigenvalue weighted by molar-refractivity contribution is 5.94. The van der Waals surface area contributed by atoms with Crippen molar-refractivity contribution in [3.63, 3.8) is 0 Å². The number of piperazine rings is 1. The molecule has 118 valence electrons. The topological polar surface area (TPSA) is 40.6 Å². The van der Waals surface area contributed by atoms with Crippen LogP contribution < -0.4 is 0 Å². The number of allylic oxidation sites excluding steroid dienone is 1. The monoisotopic (exact) mass is 300 g/mol. The molecule has 0 unspecified atom stereocenters. The van der Waals surface area contributed by atoms with Crippen LogP contribution in [0.3, 0.4) is 0 Å². The molecule has 0 spiro atoms. The lowest BCUT2D eigenvalue weighted by atomic mass is 10.0. The predicted octanol–water partition coefficient (Wildman–Crippen LogP) is 2.25. The second kappa shape index (κ2) is 7.25. The Balaban J connectivity index is 2.16. The van der Waals surface area contributed by atoms with Gasteiger partial charge in [-0.2, -0.15) is 0 Å². The maximum atomic E-state index is 12.5. The lowest BCUT2D eigenvalue weighted by Gasteiger charge is -2.39. The maximum absolute atomic E-state index is 12.5. The first-order valence-corrected chi connectivity index (χ1v) is 7.70. The first kappa shape index (κ1) is 16.3. The van der Waals surface area contributed by atoms with Crippen molar-refractivity contribution in [3.05, 3.63) is 47.5 Å². The smallest absolute Gasteiger partial charge is 0.245 e. The lowest BCUT2D eigenvalue weighted by Crippen LogP contribution is -2.59. The van der Waals surface area contributed by atoms with E-state index in [9.17, 15) is 9.59 Å². The maximum Gasteiger partial charge on any atom is 0.245 e. The first-order chi connectivity index (χ1) is 10.5. The van der Waals surface area contributed by atoms with Gasteiger partial charge in [-0.05, 0) is 25.8 Å². The summed E-state index contributed by atoms with van der Waals surface area (Å²) >= 11 is 0. The molecule has 1 fully saturated rings. The fraction of sp³-hybridized carbons (Fsp3) is 0.444. The average Bonchev–Trinajstić information content (AvgIpc) is 2.48. The number of carbonyl (C=O) groups excluding carboxylic acids is 2. The average molecular weight is 300 g/mol. The van der Waals surface area contributed by atoms with E-state index in [1.54, 1.807) is 11.9 Å². The molecule has 1 aromatic rings. The summed E-state index contributed by atoms with van der Waals surface area (Å²) in [5.74, 6) is 0.0610. The van der Waals surface area contributed by atoms with Gasteiger partial charge in [0.05, 0.1) is 6.54 Å². The standard InChI is InChI=1S/C18H24N2O2/c1-14(2)8-7-11-20-16(12-15-9-5-4-6-10-15)18(22)19(3)13-17(20)21/h4-6,8-10,16H,7,11-13H2,1-3H3/t16-/m1/s1. The minimum Gasteiger partial charge on any atom is -0.335 e. The Kier molecular flexibility index (Phi) is 5.36. The Morgan fingerprint density at radius 3 is 2.55 bits per heavy atom. The Hall–Kier alpha value is -2.10. The van der Waals surface area contributed by atoms with Gasteiger partial charge in [0.1, 0.15) is 6.04 Å². The number of likely N-dealkylation sites (N-methyl/N-ethyl adjacent to an activating group) is 1. The third-order valence-corrected chi connectivity index (χ3v) is 3.92. The van der Waals surface area contributed by atoms with Crippen LogP contribution in [0.15, 0.2) is 42.0 Å². The molecule has 0 bridgehead atoms. The molecule has 2 rings (SSSR count). The van der Waals surface area contributed by atoms with E-state index in [4.69, 9.17) is 0 Å². The van der Waals surface area contributed by atoms with Gasteiger partial charge in [-0.3, -0.25) is 9.59 Å². The van der Waals surface area contributed by atoms with Crippen molar-refractivity contribution >= 4 is 11.8 Å². The Labute approximate surface area is 132 Å². The van der Waals surface area contributed by atoms with Crippen LogP contribution in [0.1, 0.15) is 25.8 Å². The fourth-order valence-electron chi connectivity index (χ4n) is 2.74. The molecular formula is C18H24N2O2. The summed E-state index contributed by atoms with van der Waals surface area (Å²) in [6.07, 6.45) is 3.47. The lowest BCUT2D eigenvalue weighted by molar-refractivity contribution is -0.154. The summed E-state index contributed by atoms with van der Waals surface area (Å²) in [6.45, 7) is 4.86. The zero-order valence-electron chi connectivity index (χ0n) is 13.6. The van der Waals surface area contributed by atoms with Crippen molar-refractivity contribution in [2.45, 2.75) is 32.7 Å². The van der Waals surface area contributed by atoms with E-state index in [1.807, 2.05) is 44.2 Å². The summed E-state index contributed by atoms with van der Waals surface area (Å²) in [4.78, 5) is 28.1. The van der Waals surface area contributed by atoms with Crippen LogP contribution in [0.25, 0.3) is 0 Å². The van der Waals surface area contributed by atoms with Crippen molar-refractivity contribution < 1.29 is 9.59 Å². The number of amides is 2. The molecule has 0 radical (unpaired) electrons. The van der Waals surface area contributed by atoms with Gasteiger partial charge in [-0.15, -0.1) is 0 Å². The van der Waals surface area contributed by atoms with Gasteiger partial charge >= 0.3 is 0 Å². The zero-order valence-corrected chi connectivity index (χ0v) is 13.6. The Bertz CT molecular complexity index is 562. The minimum atomic E-state index is -0.390. The van der Waals surface area contributed by atoms with E-state index in [1.165, 1.54) is 10.5 Å². The molecule has 0 aliphatic carbocycles. The molecule has 1 saturated heterocycles. The van der Waals surface area contributed by atoms with E-state index in [0.717, 1.165) is 12.0 Å². The van der Waals surface area contributed by atoms with Crippen molar-refractivity contribution in [3.8, 4) is 0 Å². The number of benzene rings is 1. The Morgan fingerprint density at radius 2 is 1.91 bits per heavy atom. The zero-order chi connectivity index (χ0) is 16.1. The van der Waals surface area contributed by atoms with Crippen LogP contribution in [-0.4, -0.2) is 47.8 Å². The summed E-state index contributed by atoms with van der Waals surface area (Å²) in [7, 11) is 1.70. The quantitative estimate of drug-likeness (QED) is 0.783. The number of nitrogens with zero attached hydrogens (tertiary/aromatic N) is 2. The minimum absolute atomic E-state index is 0.0284. The molecule has 1 aliphatic rings. The van der Waals surface area contributed by atoms with E-state index in [0.29, 0.717) is 13.0 Å². The third-order valence-electron chi connectivity index (χ3n) is 3.92. The molecule has 1 atom stereocenters. The van der Waals surface area contributed by atoms with Crippen LogP contribution in [0, 0.1) is 0 Å². The van der Waals surface area contributed by atoms with E-state index in [-0.39, 0.29) is 24.4 Å². The van der Waals surface area contributed by atoms with Crippen molar-refractivity contribution in [1.29, 1.82) is 0 Å². The van der Waals surface area contributed by atoms with E-state index in [2.05, 4.69) is 6.08 Å². The second-order valence-electron chi connectivity index (χ2n) is 6.06. The molecule has 4 heteroatoms. The van der Waals surface area contributed by atoms with Crippen molar-refractivity contribution in [1.82, 2.24) is 9.80 Å². The van der Waals surface area contributed by atoms with Crippen molar-refractivity contribution in [2.24, 2.45) is 0 Å². The number of hydrogen-bond donors (Lipinski definition) is 0. The molecule has 0 aromatic heterocycles. The molecule has 1 aromatic carbocycles. The number of hydrogen-bond acceptors (Lipinski definition) is 2. The van der Waals surface area contributed by atoms with E-state index < -0.39 is 0 Å². The third kappa shape index (κ3) is 3.97. The first-order valence-electron chi connectivity index (χ1n) is 7.70. The summed E-state index contributed by atoms with van der Waals surface area (Å²) in [5, 5.41) is 0. The van der Waals surface area contributed by atoms with Gasteiger partial charge < -0.3 is 9.80 Å². The van der Waals surface area contributed by atoms with Gasteiger partial charge in [0.2, 0.25) is 11.8 Å². The van der Waals surface area contributed by atoms with Crippen molar-refractivity contribution in [2.75, 3.05) is 20.1 Å². The van der Waals surface area contributed by atoms with Crippen LogP contribution in [0.5, 0.6) is 0 Å². The van der Waals surface area contributed by atoms with E-state index >= 15 is 0 Å². The molecule has 1 aliphatic heterocycles.